The molecule has 0 amide bonds. The first-order valence-electron chi connectivity index (χ1n) is 35.5. The summed E-state index contributed by atoms with van der Waals surface area (Å²) in [6, 6.07) is 0. The fourth-order valence-corrected chi connectivity index (χ4v) is 11.3. The number of carbonyl (C=O) groups is 3. The van der Waals surface area contributed by atoms with E-state index in [0.29, 0.717) is 19.3 Å². The van der Waals surface area contributed by atoms with Crippen LogP contribution in [0.5, 0.6) is 0 Å². The first-order chi connectivity index (χ1) is 38.0. The molecule has 0 aliphatic carbocycles. The topological polar surface area (TPSA) is 78.9 Å². The smallest absolute Gasteiger partial charge is 0.306 e. The molecule has 1 unspecified atom stereocenters. The van der Waals surface area contributed by atoms with Crippen LogP contribution in [0.2, 0.25) is 0 Å². The van der Waals surface area contributed by atoms with Crippen molar-refractivity contribution in [3.63, 3.8) is 0 Å². The van der Waals surface area contributed by atoms with Crippen LogP contribution in [0.4, 0.5) is 0 Å². The molecule has 0 spiro atoms. The van der Waals surface area contributed by atoms with Gasteiger partial charge in [-0.1, -0.05) is 380 Å². The molecule has 0 aliphatic rings. The first-order valence-corrected chi connectivity index (χ1v) is 35.5. The van der Waals surface area contributed by atoms with Gasteiger partial charge in [0.2, 0.25) is 0 Å². The molecule has 6 nitrogen and oxygen atoms in total. The molecule has 0 aliphatic heterocycles. The van der Waals surface area contributed by atoms with Crippen LogP contribution in [0.15, 0.2) is 0 Å². The van der Waals surface area contributed by atoms with Crippen LogP contribution in [-0.4, -0.2) is 37.2 Å². The highest BCUT2D eigenvalue weighted by atomic mass is 16.6. The van der Waals surface area contributed by atoms with Crippen molar-refractivity contribution in [1.82, 2.24) is 0 Å². The first kappa shape index (κ1) is 75.4. The van der Waals surface area contributed by atoms with E-state index in [0.717, 1.165) is 57.8 Å². The van der Waals surface area contributed by atoms with E-state index in [-0.39, 0.29) is 31.1 Å². The Balaban J connectivity index is 3.90. The number of rotatable bonds is 67. The van der Waals surface area contributed by atoms with Gasteiger partial charge in [-0.25, -0.2) is 0 Å². The number of unbranched alkanes of at least 4 members (excludes halogenated alkanes) is 56. The molecule has 77 heavy (non-hydrogen) atoms. The Kier molecular flexibility index (Phi) is 65.5. The lowest BCUT2D eigenvalue weighted by molar-refractivity contribution is -0.167. The van der Waals surface area contributed by atoms with E-state index in [1.165, 1.54) is 321 Å². The maximum absolute atomic E-state index is 12.9. The van der Waals surface area contributed by atoms with Crippen LogP contribution < -0.4 is 0 Å². The van der Waals surface area contributed by atoms with Crippen molar-refractivity contribution in [3.8, 4) is 0 Å². The van der Waals surface area contributed by atoms with Gasteiger partial charge in [0.1, 0.15) is 13.2 Å². The molecule has 0 saturated carbocycles. The van der Waals surface area contributed by atoms with Gasteiger partial charge in [0.05, 0.1) is 0 Å². The van der Waals surface area contributed by atoms with E-state index in [9.17, 15) is 14.4 Å². The minimum atomic E-state index is -0.761. The molecule has 0 N–H and O–H groups in total. The average molecular weight is 1090 g/mol. The number of hydrogen-bond donors (Lipinski definition) is 0. The third-order valence-electron chi connectivity index (χ3n) is 16.6. The second kappa shape index (κ2) is 66.9. The summed E-state index contributed by atoms with van der Waals surface area (Å²) in [7, 11) is 0. The molecular formula is C71H138O6. The summed E-state index contributed by atoms with van der Waals surface area (Å²) in [6.07, 6.45) is 79.1. The van der Waals surface area contributed by atoms with Crippen molar-refractivity contribution in [2.24, 2.45) is 0 Å². The molecule has 0 aromatic heterocycles. The lowest BCUT2D eigenvalue weighted by Crippen LogP contribution is -2.30. The van der Waals surface area contributed by atoms with Gasteiger partial charge in [-0.05, 0) is 19.3 Å². The second-order valence-corrected chi connectivity index (χ2v) is 24.5. The van der Waals surface area contributed by atoms with E-state index in [1.54, 1.807) is 0 Å². The molecule has 0 aromatic carbocycles. The fraction of sp³-hybridized carbons (Fsp3) is 0.958. The largest absolute Gasteiger partial charge is 0.462 e. The van der Waals surface area contributed by atoms with Crippen LogP contribution in [-0.2, 0) is 28.6 Å². The standard InChI is InChI=1S/C71H138O6/c1-4-7-10-13-16-18-20-22-24-26-28-30-31-32-33-34-35-36-37-38-39-40-42-43-45-47-49-51-53-55-58-61-64-70(73)76-67-68(66-75-69(72)63-60-57-15-12-9-6-3)77-71(74)65-62-59-56-54-52-50-48-46-44-41-29-27-25-23-21-19-17-14-11-8-5-2/h68H,4-67H2,1-3H3. The SMILES string of the molecule is CCCCCCCCCCCCCCCCCCCCCCCCCCCCCCCCCCC(=O)OCC(COC(=O)CCCCCCCC)OC(=O)CCCCCCCCCCCCCCCCCCCCCCC. The van der Waals surface area contributed by atoms with Crippen molar-refractivity contribution in [1.29, 1.82) is 0 Å². The molecular weight excluding hydrogens is 949 g/mol. The lowest BCUT2D eigenvalue weighted by Gasteiger charge is -2.18. The Labute approximate surface area is 482 Å². The molecule has 0 rings (SSSR count). The second-order valence-electron chi connectivity index (χ2n) is 24.5. The molecule has 1 atom stereocenters. The minimum Gasteiger partial charge on any atom is -0.462 e. The molecule has 0 heterocycles. The Morgan fingerprint density at radius 1 is 0.208 bits per heavy atom. The number of hydrogen-bond acceptors (Lipinski definition) is 6. The zero-order valence-corrected chi connectivity index (χ0v) is 52.8. The van der Waals surface area contributed by atoms with E-state index in [2.05, 4.69) is 20.8 Å². The van der Waals surface area contributed by atoms with Crippen molar-refractivity contribution < 1.29 is 28.6 Å². The van der Waals surface area contributed by atoms with E-state index >= 15 is 0 Å². The van der Waals surface area contributed by atoms with Gasteiger partial charge in [0.25, 0.3) is 0 Å². The number of carbonyl (C=O) groups excluding carboxylic acids is 3. The predicted molar refractivity (Wildman–Crippen MR) is 335 cm³/mol. The Hall–Kier alpha value is -1.59. The Morgan fingerprint density at radius 2 is 0.351 bits per heavy atom. The van der Waals surface area contributed by atoms with Gasteiger partial charge in [0.15, 0.2) is 6.10 Å². The molecule has 0 bridgehead atoms. The molecule has 0 radical (unpaired) electrons. The molecule has 6 heteroatoms. The molecule has 0 aromatic rings. The van der Waals surface area contributed by atoms with Crippen molar-refractivity contribution in [2.75, 3.05) is 13.2 Å². The van der Waals surface area contributed by atoms with E-state index < -0.39 is 6.10 Å². The van der Waals surface area contributed by atoms with E-state index in [1.807, 2.05) is 0 Å². The van der Waals surface area contributed by atoms with E-state index in [4.69, 9.17) is 14.2 Å². The zero-order valence-electron chi connectivity index (χ0n) is 52.8. The average Bonchev–Trinajstić information content (AvgIpc) is 3.43. The van der Waals surface area contributed by atoms with Gasteiger partial charge >= 0.3 is 17.9 Å². The van der Waals surface area contributed by atoms with Gasteiger partial charge in [-0.3, -0.25) is 14.4 Å². The monoisotopic (exact) mass is 1090 g/mol. The zero-order chi connectivity index (χ0) is 55.7. The summed E-state index contributed by atoms with van der Waals surface area (Å²) in [5, 5.41) is 0. The summed E-state index contributed by atoms with van der Waals surface area (Å²) >= 11 is 0. The maximum atomic E-state index is 12.9. The van der Waals surface area contributed by atoms with Crippen molar-refractivity contribution in [3.05, 3.63) is 0 Å². The lowest BCUT2D eigenvalue weighted by atomic mass is 10.0. The van der Waals surface area contributed by atoms with Crippen LogP contribution in [0.25, 0.3) is 0 Å². The number of esters is 3. The summed E-state index contributed by atoms with van der Waals surface area (Å²) < 4.78 is 16.9. The third-order valence-corrected chi connectivity index (χ3v) is 16.6. The van der Waals surface area contributed by atoms with Crippen LogP contribution in [0.1, 0.15) is 419 Å². The molecule has 458 valence electrons. The fourth-order valence-electron chi connectivity index (χ4n) is 11.3. The highest BCUT2D eigenvalue weighted by Crippen LogP contribution is 2.20. The van der Waals surface area contributed by atoms with Gasteiger partial charge in [-0.15, -0.1) is 0 Å². The summed E-state index contributed by atoms with van der Waals surface area (Å²) in [5.74, 6) is -0.838. The molecule has 0 saturated heterocycles. The highest BCUT2D eigenvalue weighted by Gasteiger charge is 2.19. The van der Waals surface area contributed by atoms with Crippen molar-refractivity contribution >= 4 is 17.9 Å². The summed E-state index contributed by atoms with van der Waals surface area (Å²) in [5.41, 5.74) is 0. The third kappa shape index (κ3) is 65.1. The van der Waals surface area contributed by atoms with Gasteiger partial charge in [-0.2, -0.15) is 0 Å². The normalized spacial score (nSPS) is 11.9. The van der Waals surface area contributed by atoms with Crippen LogP contribution in [0, 0.1) is 0 Å². The van der Waals surface area contributed by atoms with Gasteiger partial charge in [0, 0.05) is 19.3 Å². The van der Waals surface area contributed by atoms with Gasteiger partial charge < -0.3 is 14.2 Å². The van der Waals surface area contributed by atoms with Crippen molar-refractivity contribution in [2.45, 2.75) is 425 Å². The van der Waals surface area contributed by atoms with Crippen LogP contribution >= 0.6 is 0 Å². The Bertz CT molecular complexity index is 1160. The summed E-state index contributed by atoms with van der Waals surface area (Å²) in [6.45, 7) is 6.67. The predicted octanol–water partition coefficient (Wildman–Crippen LogP) is 24.2. The molecule has 0 fully saturated rings. The highest BCUT2D eigenvalue weighted by molar-refractivity contribution is 5.71. The summed E-state index contributed by atoms with van der Waals surface area (Å²) in [4.78, 5) is 38.1. The van der Waals surface area contributed by atoms with Crippen LogP contribution in [0.3, 0.4) is 0 Å². The maximum Gasteiger partial charge on any atom is 0.306 e. The quantitative estimate of drug-likeness (QED) is 0.0343. The number of ether oxygens (including phenoxy) is 3. The minimum absolute atomic E-state index is 0.0617. The Morgan fingerprint density at radius 3 is 0.519 bits per heavy atom.